The first kappa shape index (κ1) is 21.2. The lowest BCUT2D eigenvalue weighted by molar-refractivity contribution is -0.116. The van der Waals surface area contributed by atoms with Crippen LogP contribution < -0.4 is 10.0 Å². The maximum absolute atomic E-state index is 13.5. The monoisotopic (exact) mass is 479 g/mol. The predicted octanol–water partition coefficient (Wildman–Crippen LogP) is 4.25. The summed E-state index contributed by atoms with van der Waals surface area (Å²) >= 11 is 7.44. The van der Waals surface area contributed by atoms with E-state index in [1.54, 1.807) is 19.1 Å². The van der Waals surface area contributed by atoms with Crippen LogP contribution >= 0.6 is 22.9 Å². The number of carbonyl (C=O) groups excluding carboxylic acids is 1. The molecule has 0 atom stereocenters. The predicted molar refractivity (Wildman–Crippen MR) is 122 cm³/mol. The number of hydrogen-bond acceptors (Lipinski definition) is 5. The Balaban J connectivity index is 1.53. The number of hydrogen-bond donors (Lipinski definition) is 1. The second-order valence-corrected chi connectivity index (χ2v) is 12.6. The first-order chi connectivity index (χ1) is 14.7. The van der Waals surface area contributed by atoms with Gasteiger partial charge in [0.05, 0.1) is 10.6 Å². The van der Waals surface area contributed by atoms with Crippen LogP contribution in [-0.4, -0.2) is 25.9 Å². The number of sulfonamides is 1. The van der Waals surface area contributed by atoms with E-state index in [1.165, 1.54) is 36.7 Å². The first-order valence-corrected chi connectivity index (χ1v) is 13.4. The maximum atomic E-state index is 13.5. The molecule has 6 nitrogen and oxygen atoms in total. The molecule has 4 bridgehead atoms. The summed E-state index contributed by atoms with van der Waals surface area (Å²) in [5.74, 6) is 1.55. The average Bonchev–Trinajstić information content (AvgIpc) is 3.17. The highest BCUT2D eigenvalue weighted by molar-refractivity contribution is 7.93. The number of benzene rings is 1. The van der Waals surface area contributed by atoms with Crippen LogP contribution in [0.25, 0.3) is 0 Å². The molecule has 166 valence electrons. The van der Waals surface area contributed by atoms with Crippen LogP contribution in [0.15, 0.2) is 28.5 Å². The minimum atomic E-state index is -4.05. The molecule has 4 fully saturated rings. The van der Waals surface area contributed by atoms with Crippen LogP contribution in [0.3, 0.4) is 0 Å². The molecule has 2 aromatic rings. The van der Waals surface area contributed by atoms with Crippen LogP contribution in [0.4, 0.5) is 5.13 Å². The van der Waals surface area contributed by atoms with Gasteiger partial charge in [-0.05, 0) is 80.9 Å². The van der Waals surface area contributed by atoms with E-state index >= 15 is 0 Å². The summed E-state index contributed by atoms with van der Waals surface area (Å²) in [7, 11) is -4.05. The molecule has 4 aliphatic rings. The largest absolute Gasteiger partial charge is 0.368 e. The van der Waals surface area contributed by atoms with E-state index < -0.39 is 22.5 Å². The van der Waals surface area contributed by atoms with E-state index in [0.717, 1.165) is 47.0 Å². The summed E-state index contributed by atoms with van der Waals surface area (Å²) in [6.07, 6.45) is 7.39. The van der Waals surface area contributed by atoms with E-state index in [2.05, 4.69) is 0 Å². The zero-order chi connectivity index (χ0) is 22.0. The molecule has 0 spiro atoms. The fourth-order valence-corrected chi connectivity index (χ4v) is 9.47. The molecular formula is C22H26ClN3O3S2. The Kier molecular flexibility index (Phi) is 5.10. The smallest absolute Gasteiger partial charge is 0.266 e. The number of aromatic nitrogens is 1. The molecule has 1 heterocycles. The molecule has 2 N–H and O–H groups in total. The van der Waals surface area contributed by atoms with Gasteiger partial charge < -0.3 is 5.73 Å². The highest BCUT2D eigenvalue weighted by Gasteiger charge is 2.52. The Morgan fingerprint density at radius 1 is 1.23 bits per heavy atom. The molecule has 0 saturated heterocycles. The van der Waals surface area contributed by atoms with Gasteiger partial charge in [0.15, 0.2) is 5.13 Å². The van der Waals surface area contributed by atoms with Crippen molar-refractivity contribution in [2.75, 3.05) is 10.8 Å². The molecule has 0 radical (unpaired) electrons. The normalized spacial score (nSPS) is 29.3. The first-order valence-electron chi connectivity index (χ1n) is 10.7. The van der Waals surface area contributed by atoms with Gasteiger partial charge in [0.1, 0.15) is 6.54 Å². The molecule has 4 aliphatic carbocycles. The van der Waals surface area contributed by atoms with Crippen molar-refractivity contribution >= 4 is 44.0 Å². The summed E-state index contributed by atoms with van der Waals surface area (Å²) < 4.78 is 28.1. The van der Waals surface area contributed by atoms with Crippen LogP contribution in [0, 0.1) is 24.7 Å². The summed E-state index contributed by atoms with van der Waals surface area (Å²) in [6, 6.07) is 4.73. The third-order valence-corrected chi connectivity index (χ3v) is 10.6. The number of thiazole rings is 1. The van der Waals surface area contributed by atoms with Gasteiger partial charge >= 0.3 is 0 Å². The highest BCUT2D eigenvalue weighted by atomic mass is 35.5. The standard InChI is InChI=1S/C22H26ClN3O3S2/c1-13-17(23)3-2-4-18(13)31(28,29)26(11-20(24)27)21-25-19(12-30-21)22-8-14-5-15(9-22)7-16(6-14)10-22/h2-4,12,14-16H,5-11H2,1H3,(H2,24,27). The Hall–Kier alpha value is -1.64. The second-order valence-electron chi connectivity index (χ2n) is 9.55. The van der Waals surface area contributed by atoms with E-state index in [1.807, 2.05) is 5.38 Å². The van der Waals surface area contributed by atoms with Crippen LogP contribution in [0.1, 0.15) is 49.8 Å². The summed E-state index contributed by atoms with van der Waals surface area (Å²) in [4.78, 5) is 16.7. The lowest BCUT2D eigenvalue weighted by Crippen LogP contribution is -2.48. The molecule has 1 aromatic carbocycles. The van der Waals surface area contributed by atoms with E-state index in [4.69, 9.17) is 22.3 Å². The lowest BCUT2D eigenvalue weighted by atomic mass is 9.49. The number of primary amides is 1. The van der Waals surface area contributed by atoms with Gasteiger partial charge in [-0.25, -0.2) is 17.7 Å². The van der Waals surface area contributed by atoms with Gasteiger partial charge in [0, 0.05) is 15.8 Å². The van der Waals surface area contributed by atoms with Crippen molar-refractivity contribution in [2.45, 2.75) is 55.8 Å². The quantitative estimate of drug-likeness (QED) is 0.670. The number of nitrogens with two attached hydrogens (primary N) is 1. The van der Waals surface area contributed by atoms with Crippen molar-refractivity contribution in [3.63, 3.8) is 0 Å². The summed E-state index contributed by atoms with van der Waals surface area (Å²) in [5, 5.41) is 2.65. The summed E-state index contributed by atoms with van der Waals surface area (Å²) in [6.45, 7) is 1.20. The molecular weight excluding hydrogens is 454 g/mol. The molecule has 31 heavy (non-hydrogen) atoms. The van der Waals surface area contributed by atoms with Crippen LogP contribution in [0.2, 0.25) is 5.02 Å². The summed E-state index contributed by atoms with van der Waals surface area (Å²) in [5.41, 5.74) is 6.91. The van der Waals surface area contributed by atoms with Gasteiger partial charge in [-0.15, -0.1) is 11.3 Å². The van der Waals surface area contributed by atoms with Crippen molar-refractivity contribution in [3.8, 4) is 0 Å². The minimum absolute atomic E-state index is 0.0532. The van der Waals surface area contributed by atoms with Gasteiger partial charge in [0.2, 0.25) is 5.91 Å². The minimum Gasteiger partial charge on any atom is -0.368 e. The molecule has 0 unspecified atom stereocenters. The van der Waals surface area contributed by atoms with Crippen molar-refractivity contribution in [3.05, 3.63) is 39.9 Å². The highest BCUT2D eigenvalue weighted by Crippen LogP contribution is 2.60. The lowest BCUT2D eigenvalue weighted by Gasteiger charge is -2.56. The van der Waals surface area contributed by atoms with Crippen molar-refractivity contribution < 1.29 is 13.2 Å². The third-order valence-electron chi connectivity index (χ3n) is 7.37. The maximum Gasteiger partial charge on any atom is 0.266 e. The topological polar surface area (TPSA) is 93.4 Å². The van der Waals surface area contributed by atoms with E-state index in [9.17, 15) is 13.2 Å². The average molecular weight is 480 g/mol. The van der Waals surface area contributed by atoms with Gasteiger partial charge in [-0.1, -0.05) is 17.7 Å². The number of rotatable bonds is 6. The fourth-order valence-electron chi connectivity index (χ4n) is 6.43. The molecule has 1 amide bonds. The number of anilines is 1. The zero-order valence-electron chi connectivity index (χ0n) is 17.4. The van der Waals surface area contributed by atoms with Gasteiger partial charge in [0.25, 0.3) is 10.0 Å². The van der Waals surface area contributed by atoms with Gasteiger partial charge in [-0.2, -0.15) is 0 Å². The zero-order valence-corrected chi connectivity index (χ0v) is 19.8. The Morgan fingerprint density at radius 2 is 1.84 bits per heavy atom. The second kappa shape index (κ2) is 7.46. The fraction of sp³-hybridized carbons (Fsp3) is 0.545. The molecule has 0 aliphatic heterocycles. The number of halogens is 1. The third kappa shape index (κ3) is 3.56. The Morgan fingerprint density at radius 3 is 2.42 bits per heavy atom. The van der Waals surface area contributed by atoms with E-state index in [0.29, 0.717) is 15.7 Å². The molecule has 4 saturated carbocycles. The van der Waals surface area contributed by atoms with Crippen molar-refractivity contribution in [1.29, 1.82) is 0 Å². The van der Waals surface area contributed by atoms with Gasteiger partial charge in [-0.3, -0.25) is 4.79 Å². The number of nitrogens with zero attached hydrogens (tertiary/aromatic N) is 2. The SMILES string of the molecule is Cc1c(Cl)cccc1S(=O)(=O)N(CC(N)=O)c1nc(C23CC4CC(CC(C4)C2)C3)cs1. The Labute approximate surface area is 191 Å². The number of amides is 1. The van der Waals surface area contributed by atoms with Crippen LogP contribution in [-0.2, 0) is 20.2 Å². The molecule has 1 aromatic heterocycles. The van der Waals surface area contributed by atoms with Crippen LogP contribution in [0.5, 0.6) is 0 Å². The van der Waals surface area contributed by atoms with Crippen molar-refractivity contribution in [1.82, 2.24) is 4.98 Å². The van der Waals surface area contributed by atoms with E-state index in [-0.39, 0.29) is 10.3 Å². The number of carbonyl (C=O) groups is 1. The molecule has 6 rings (SSSR count). The molecule has 9 heteroatoms. The Bertz CT molecular complexity index is 1110. The van der Waals surface area contributed by atoms with Crippen molar-refractivity contribution in [2.24, 2.45) is 23.5 Å².